The Bertz CT molecular complexity index is 1210. The maximum atomic E-state index is 14.7. The number of aliphatic hydroxyl groups is 1. The largest absolute Gasteiger partial charge is 0.494 e. The Labute approximate surface area is 269 Å². The van der Waals surface area contributed by atoms with Gasteiger partial charge < -0.3 is 24.5 Å². The molecule has 1 aromatic carbocycles. The Balaban J connectivity index is 1.81. The zero-order valence-electron chi connectivity index (χ0n) is 25.9. The molecule has 4 rings (SSSR count). The van der Waals surface area contributed by atoms with Crippen molar-refractivity contribution < 1.29 is 24.2 Å². The van der Waals surface area contributed by atoms with Gasteiger partial charge >= 0.3 is 0 Å². The summed E-state index contributed by atoms with van der Waals surface area (Å²) in [4.78, 5) is 48.9. The van der Waals surface area contributed by atoms with Crippen molar-refractivity contribution in [1.82, 2.24) is 9.80 Å². The lowest BCUT2D eigenvalue weighted by molar-refractivity contribution is -0.146. The summed E-state index contributed by atoms with van der Waals surface area (Å²) in [5.41, 5.74) is 0.696. The molecule has 3 amide bonds. The number of carbonyl (C=O) groups is 3. The van der Waals surface area contributed by atoms with Crippen LogP contribution >= 0.6 is 27.7 Å². The van der Waals surface area contributed by atoms with Crippen molar-refractivity contribution in [3.8, 4) is 5.75 Å². The minimum Gasteiger partial charge on any atom is -0.494 e. The van der Waals surface area contributed by atoms with E-state index in [1.165, 1.54) is 0 Å². The molecule has 0 radical (unpaired) electrons. The van der Waals surface area contributed by atoms with Crippen molar-refractivity contribution in [1.29, 1.82) is 0 Å². The van der Waals surface area contributed by atoms with Crippen molar-refractivity contribution in [3.05, 3.63) is 49.6 Å². The average molecular weight is 677 g/mol. The van der Waals surface area contributed by atoms with Gasteiger partial charge in [-0.05, 0) is 63.8 Å². The number of alkyl halides is 1. The van der Waals surface area contributed by atoms with Gasteiger partial charge in [0.05, 0.1) is 35.8 Å². The van der Waals surface area contributed by atoms with Crippen LogP contribution in [0.1, 0.15) is 47.5 Å². The summed E-state index contributed by atoms with van der Waals surface area (Å²) in [5, 5.41) is 10.4. The summed E-state index contributed by atoms with van der Waals surface area (Å²) >= 11 is 5.48. The zero-order chi connectivity index (χ0) is 31.6. The molecule has 3 heterocycles. The molecule has 10 heteroatoms. The molecule has 0 aliphatic carbocycles. The summed E-state index contributed by atoms with van der Waals surface area (Å²) in [6.45, 7) is 18.6. The molecule has 43 heavy (non-hydrogen) atoms. The van der Waals surface area contributed by atoms with Gasteiger partial charge in [-0.3, -0.25) is 14.4 Å². The normalized spacial score (nSPS) is 28.3. The molecule has 3 aliphatic heterocycles. The van der Waals surface area contributed by atoms with Gasteiger partial charge in [-0.2, -0.15) is 0 Å². The number of halogens is 1. The van der Waals surface area contributed by atoms with E-state index in [1.54, 1.807) is 38.6 Å². The zero-order valence-corrected chi connectivity index (χ0v) is 28.4. The fraction of sp³-hybridized carbons (Fsp3) is 0.606. The second-order valence-electron chi connectivity index (χ2n) is 12.4. The molecule has 1 spiro atoms. The smallest absolute Gasteiger partial charge is 0.247 e. The number of hydrogen-bond donors (Lipinski definition) is 1. The molecule has 1 N–H and O–H groups in total. The van der Waals surface area contributed by atoms with Gasteiger partial charge in [0.25, 0.3) is 0 Å². The van der Waals surface area contributed by atoms with Crippen LogP contribution in [-0.2, 0) is 14.4 Å². The van der Waals surface area contributed by atoms with Crippen molar-refractivity contribution in [2.24, 2.45) is 17.8 Å². The molecular weight excluding hydrogens is 630 g/mol. The number of fused-ring (bicyclic) bond motifs is 1. The molecule has 0 aromatic heterocycles. The first-order valence-electron chi connectivity index (χ1n) is 15.3. The van der Waals surface area contributed by atoms with Gasteiger partial charge in [0.2, 0.25) is 17.7 Å². The molecular formula is C33H46BrN3O5S. The van der Waals surface area contributed by atoms with Gasteiger partial charge in [-0.15, -0.1) is 24.9 Å². The molecule has 236 valence electrons. The van der Waals surface area contributed by atoms with Gasteiger partial charge in [0.15, 0.2) is 0 Å². The SMILES string of the molecule is C=CCN(C(=O)[C@H]1[C@@H]2SC3(CC2Br)C(C(=O)N(CC=C)C(C)C)N([C@@H](CO)CC(C)C)C(=O)[C@H]13)c1ccc(OCC)cc1. The Morgan fingerprint density at radius 1 is 1.16 bits per heavy atom. The van der Waals surface area contributed by atoms with Gasteiger partial charge in [-0.25, -0.2) is 0 Å². The highest BCUT2D eigenvalue weighted by atomic mass is 79.9. The third-order valence-electron chi connectivity index (χ3n) is 8.86. The Kier molecular flexibility index (Phi) is 10.8. The summed E-state index contributed by atoms with van der Waals surface area (Å²) in [5.74, 6) is -0.943. The number of amides is 3. The number of rotatable bonds is 14. The van der Waals surface area contributed by atoms with Crippen LogP contribution in [0, 0.1) is 17.8 Å². The van der Waals surface area contributed by atoms with Crippen LogP contribution in [0.15, 0.2) is 49.6 Å². The van der Waals surface area contributed by atoms with E-state index in [1.807, 2.05) is 58.9 Å². The predicted octanol–water partition coefficient (Wildman–Crippen LogP) is 4.90. The first-order valence-corrected chi connectivity index (χ1v) is 17.1. The molecule has 0 saturated carbocycles. The molecule has 3 fully saturated rings. The second kappa shape index (κ2) is 13.8. The molecule has 8 nitrogen and oxygen atoms in total. The topological polar surface area (TPSA) is 90.4 Å². The van der Waals surface area contributed by atoms with E-state index in [0.29, 0.717) is 37.4 Å². The number of ether oxygens (including phenoxy) is 1. The number of aliphatic hydroxyl groups excluding tert-OH is 1. The lowest BCUT2D eigenvalue weighted by Crippen LogP contribution is -2.59. The number of nitrogens with zero attached hydrogens (tertiary/aromatic N) is 3. The van der Waals surface area contributed by atoms with Gasteiger partial charge in [0.1, 0.15) is 11.8 Å². The average Bonchev–Trinajstić information content (AvgIpc) is 3.56. The van der Waals surface area contributed by atoms with Crippen LogP contribution in [0.5, 0.6) is 5.75 Å². The Morgan fingerprint density at radius 2 is 1.81 bits per heavy atom. The standard InChI is InChI=1S/C33H46BrN3O5S/c1-8-15-35(21(6)7)32(41)29-33-18-25(34)28(43-33)26(27(33)31(40)37(29)23(19-38)17-20(4)5)30(39)36(16-9-2)22-11-13-24(14-12-22)42-10-3/h8-9,11-14,20-21,23,25-29,38H,1-2,10,15-19H2,3-7H3/t23-,25?,26-,27+,28-,29?,33?/m1/s1. The summed E-state index contributed by atoms with van der Waals surface area (Å²) in [6, 6.07) is 5.93. The quantitative estimate of drug-likeness (QED) is 0.223. The third-order valence-corrected chi connectivity index (χ3v) is 12.1. The first kappa shape index (κ1) is 33.6. The first-order chi connectivity index (χ1) is 20.5. The number of benzene rings is 1. The van der Waals surface area contributed by atoms with E-state index in [4.69, 9.17) is 4.74 Å². The summed E-state index contributed by atoms with van der Waals surface area (Å²) < 4.78 is 4.80. The highest BCUT2D eigenvalue weighted by Gasteiger charge is 2.76. The summed E-state index contributed by atoms with van der Waals surface area (Å²) in [6.07, 6.45) is 4.52. The highest BCUT2D eigenvalue weighted by molar-refractivity contribution is 9.09. The fourth-order valence-electron chi connectivity index (χ4n) is 7.21. The highest BCUT2D eigenvalue weighted by Crippen LogP contribution is 2.68. The molecule has 3 unspecified atom stereocenters. The van der Waals surface area contributed by atoms with Crippen LogP contribution in [0.3, 0.4) is 0 Å². The molecule has 7 atom stereocenters. The van der Waals surface area contributed by atoms with Crippen LogP contribution < -0.4 is 9.64 Å². The fourth-order valence-corrected chi connectivity index (χ4v) is 10.8. The van der Waals surface area contributed by atoms with Crippen molar-refractivity contribution in [2.45, 2.75) is 80.4 Å². The van der Waals surface area contributed by atoms with E-state index >= 15 is 0 Å². The van der Waals surface area contributed by atoms with Crippen molar-refractivity contribution >= 4 is 51.1 Å². The summed E-state index contributed by atoms with van der Waals surface area (Å²) in [7, 11) is 0. The molecule has 3 aliphatic rings. The minimum atomic E-state index is -0.801. The van der Waals surface area contributed by atoms with Crippen molar-refractivity contribution in [2.75, 3.05) is 31.2 Å². The third kappa shape index (κ3) is 6.03. The van der Waals surface area contributed by atoms with E-state index in [9.17, 15) is 19.5 Å². The second-order valence-corrected chi connectivity index (χ2v) is 15.1. The van der Waals surface area contributed by atoms with Crippen LogP contribution in [0.4, 0.5) is 5.69 Å². The number of thioether (sulfide) groups is 1. The van der Waals surface area contributed by atoms with E-state index in [2.05, 4.69) is 29.1 Å². The molecule has 2 bridgehead atoms. The van der Waals surface area contributed by atoms with E-state index < -0.39 is 28.7 Å². The maximum Gasteiger partial charge on any atom is 0.247 e. The van der Waals surface area contributed by atoms with Crippen LogP contribution in [-0.4, -0.2) is 91.9 Å². The number of hydrogen-bond acceptors (Lipinski definition) is 6. The number of likely N-dealkylation sites (tertiary alicyclic amines) is 1. The van der Waals surface area contributed by atoms with Crippen LogP contribution in [0.25, 0.3) is 0 Å². The van der Waals surface area contributed by atoms with Gasteiger partial charge in [0, 0.05) is 34.9 Å². The minimum absolute atomic E-state index is 0.0544. The Hall–Kier alpha value is -2.30. The number of carbonyl (C=O) groups excluding carboxylic acids is 3. The molecule has 1 aromatic rings. The van der Waals surface area contributed by atoms with E-state index in [-0.39, 0.29) is 52.9 Å². The van der Waals surface area contributed by atoms with Gasteiger partial charge in [-0.1, -0.05) is 41.9 Å². The molecule has 3 saturated heterocycles. The lowest BCUT2D eigenvalue weighted by atomic mass is 9.70. The van der Waals surface area contributed by atoms with Crippen molar-refractivity contribution in [3.63, 3.8) is 0 Å². The predicted molar refractivity (Wildman–Crippen MR) is 177 cm³/mol. The lowest BCUT2D eigenvalue weighted by Gasteiger charge is -2.41. The Morgan fingerprint density at radius 3 is 2.35 bits per heavy atom. The maximum absolute atomic E-state index is 14.7. The van der Waals surface area contributed by atoms with Crippen LogP contribution in [0.2, 0.25) is 0 Å². The van der Waals surface area contributed by atoms with E-state index in [0.717, 1.165) is 0 Å². The number of anilines is 1. The monoisotopic (exact) mass is 675 g/mol.